The van der Waals surface area contributed by atoms with Crippen LogP contribution in [0, 0.1) is 0 Å². The molecule has 0 radical (unpaired) electrons. The van der Waals surface area contributed by atoms with Crippen LogP contribution in [0.5, 0.6) is 11.5 Å². The fourth-order valence-electron chi connectivity index (χ4n) is 2.15. The quantitative estimate of drug-likeness (QED) is 0.689. The van der Waals surface area contributed by atoms with Crippen molar-refractivity contribution in [3.05, 3.63) is 59.7 Å². The summed E-state index contributed by atoms with van der Waals surface area (Å²) in [4.78, 5) is 0. The second-order valence-corrected chi connectivity index (χ2v) is 5.13. The van der Waals surface area contributed by atoms with Crippen LogP contribution in [0.2, 0.25) is 0 Å². The summed E-state index contributed by atoms with van der Waals surface area (Å²) in [7, 11) is 0. The standard InChI is InChI=1S/C19H24O2/c1-3-12-20-18-11-10-17(19(15-18)21-13-4-2)14-16-8-6-5-7-9-16/h5-11,15H,3-4,12-14H2,1-2H3. The van der Waals surface area contributed by atoms with E-state index in [4.69, 9.17) is 9.47 Å². The molecule has 2 aromatic carbocycles. The second-order valence-electron chi connectivity index (χ2n) is 5.13. The van der Waals surface area contributed by atoms with Crippen molar-refractivity contribution in [2.45, 2.75) is 33.1 Å². The van der Waals surface area contributed by atoms with Gasteiger partial charge in [-0.3, -0.25) is 0 Å². The fourth-order valence-corrected chi connectivity index (χ4v) is 2.15. The van der Waals surface area contributed by atoms with Crippen LogP contribution in [0.3, 0.4) is 0 Å². The van der Waals surface area contributed by atoms with E-state index in [9.17, 15) is 0 Å². The first-order valence-electron chi connectivity index (χ1n) is 7.76. The van der Waals surface area contributed by atoms with Gasteiger partial charge in [-0.1, -0.05) is 50.2 Å². The van der Waals surface area contributed by atoms with Crippen LogP contribution in [0.1, 0.15) is 37.8 Å². The van der Waals surface area contributed by atoms with Crippen molar-refractivity contribution in [1.29, 1.82) is 0 Å². The van der Waals surface area contributed by atoms with Crippen LogP contribution in [0.15, 0.2) is 48.5 Å². The molecule has 0 aromatic heterocycles. The Morgan fingerprint density at radius 1 is 0.810 bits per heavy atom. The molecule has 0 saturated heterocycles. The van der Waals surface area contributed by atoms with Gasteiger partial charge in [-0.15, -0.1) is 0 Å². The number of hydrogen-bond donors (Lipinski definition) is 0. The summed E-state index contributed by atoms with van der Waals surface area (Å²) in [6.07, 6.45) is 2.90. The molecule has 0 unspecified atom stereocenters. The first-order chi connectivity index (χ1) is 10.3. The van der Waals surface area contributed by atoms with Gasteiger partial charge in [-0.2, -0.15) is 0 Å². The lowest BCUT2D eigenvalue weighted by Gasteiger charge is -2.13. The third-order valence-corrected chi connectivity index (χ3v) is 3.21. The Labute approximate surface area is 127 Å². The van der Waals surface area contributed by atoms with E-state index in [0.29, 0.717) is 0 Å². The number of benzene rings is 2. The van der Waals surface area contributed by atoms with Crippen molar-refractivity contribution in [1.82, 2.24) is 0 Å². The van der Waals surface area contributed by atoms with E-state index < -0.39 is 0 Å². The normalized spacial score (nSPS) is 10.4. The van der Waals surface area contributed by atoms with Gasteiger partial charge in [0.1, 0.15) is 11.5 Å². The van der Waals surface area contributed by atoms with Crippen molar-refractivity contribution in [2.24, 2.45) is 0 Å². The molecule has 0 saturated carbocycles. The number of hydrogen-bond acceptors (Lipinski definition) is 2. The Morgan fingerprint density at radius 3 is 2.24 bits per heavy atom. The van der Waals surface area contributed by atoms with Gasteiger partial charge in [0.25, 0.3) is 0 Å². The Balaban J connectivity index is 2.17. The minimum atomic E-state index is 0.735. The van der Waals surface area contributed by atoms with E-state index in [1.807, 2.05) is 18.2 Å². The van der Waals surface area contributed by atoms with Gasteiger partial charge in [0.05, 0.1) is 13.2 Å². The molecule has 0 fully saturated rings. The molecule has 112 valence electrons. The lowest BCUT2D eigenvalue weighted by molar-refractivity contribution is 0.300. The van der Waals surface area contributed by atoms with Crippen molar-refractivity contribution in [3.8, 4) is 11.5 Å². The first-order valence-corrected chi connectivity index (χ1v) is 7.76. The van der Waals surface area contributed by atoms with Gasteiger partial charge in [0, 0.05) is 12.5 Å². The summed E-state index contributed by atoms with van der Waals surface area (Å²) in [6.45, 7) is 5.71. The third-order valence-electron chi connectivity index (χ3n) is 3.21. The molecule has 0 aliphatic heterocycles. The summed E-state index contributed by atoms with van der Waals surface area (Å²) >= 11 is 0. The molecule has 0 bridgehead atoms. The number of rotatable bonds is 8. The smallest absolute Gasteiger partial charge is 0.126 e. The predicted molar refractivity (Wildman–Crippen MR) is 87.3 cm³/mol. The molecule has 0 aliphatic rings. The maximum atomic E-state index is 5.90. The maximum Gasteiger partial charge on any atom is 0.126 e. The van der Waals surface area contributed by atoms with Gasteiger partial charge in [-0.25, -0.2) is 0 Å². The first kappa shape index (κ1) is 15.4. The van der Waals surface area contributed by atoms with Gasteiger partial charge < -0.3 is 9.47 Å². The van der Waals surface area contributed by atoms with Crippen LogP contribution in [0.4, 0.5) is 0 Å². The predicted octanol–water partition coefficient (Wildman–Crippen LogP) is 4.86. The maximum absolute atomic E-state index is 5.90. The second kappa shape index (κ2) is 8.35. The topological polar surface area (TPSA) is 18.5 Å². The summed E-state index contributed by atoms with van der Waals surface area (Å²) < 4.78 is 11.6. The molecule has 2 nitrogen and oxygen atoms in total. The highest BCUT2D eigenvalue weighted by Crippen LogP contribution is 2.27. The van der Waals surface area contributed by atoms with Crippen molar-refractivity contribution in [2.75, 3.05) is 13.2 Å². The highest BCUT2D eigenvalue weighted by molar-refractivity contribution is 5.43. The zero-order chi connectivity index (χ0) is 14.9. The van der Waals surface area contributed by atoms with E-state index in [0.717, 1.165) is 44.0 Å². The molecular formula is C19H24O2. The minimum absolute atomic E-state index is 0.735. The average molecular weight is 284 g/mol. The van der Waals surface area contributed by atoms with E-state index in [1.165, 1.54) is 11.1 Å². The SMILES string of the molecule is CCCOc1ccc(Cc2ccccc2)c(OCCC)c1. The molecule has 2 heteroatoms. The van der Waals surface area contributed by atoms with Crippen LogP contribution in [-0.2, 0) is 6.42 Å². The van der Waals surface area contributed by atoms with Gasteiger partial charge in [-0.05, 0) is 30.0 Å². The molecule has 0 aliphatic carbocycles. The van der Waals surface area contributed by atoms with E-state index in [1.54, 1.807) is 0 Å². The Bertz CT molecular complexity index is 535. The lowest BCUT2D eigenvalue weighted by atomic mass is 10.0. The van der Waals surface area contributed by atoms with Crippen LogP contribution in [0.25, 0.3) is 0 Å². The Kier molecular flexibility index (Phi) is 6.14. The van der Waals surface area contributed by atoms with Crippen LogP contribution >= 0.6 is 0 Å². The Morgan fingerprint density at radius 2 is 1.52 bits per heavy atom. The van der Waals surface area contributed by atoms with Crippen molar-refractivity contribution >= 4 is 0 Å². The zero-order valence-corrected chi connectivity index (χ0v) is 13.0. The molecule has 21 heavy (non-hydrogen) atoms. The minimum Gasteiger partial charge on any atom is -0.493 e. The molecular weight excluding hydrogens is 260 g/mol. The number of ether oxygens (including phenoxy) is 2. The monoisotopic (exact) mass is 284 g/mol. The molecule has 0 amide bonds. The molecule has 0 heterocycles. The molecule has 0 N–H and O–H groups in total. The van der Waals surface area contributed by atoms with Gasteiger partial charge in [0.2, 0.25) is 0 Å². The lowest BCUT2D eigenvalue weighted by Crippen LogP contribution is -2.01. The summed E-state index contributed by atoms with van der Waals surface area (Å²) in [5.41, 5.74) is 2.50. The van der Waals surface area contributed by atoms with Gasteiger partial charge in [0.15, 0.2) is 0 Å². The Hall–Kier alpha value is -1.96. The van der Waals surface area contributed by atoms with Crippen LogP contribution in [-0.4, -0.2) is 13.2 Å². The van der Waals surface area contributed by atoms with Crippen molar-refractivity contribution in [3.63, 3.8) is 0 Å². The molecule has 0 atom stereocenters. The molecule has 2 rings (SSSR count). The molecule has 2 aromatic rings. The fraction of sp³-hybridized carbons (Fsp3) is 0.368. The summed E-state index contributed by atoms with van der Waals surface area (Å²) in [5, 5.41) is 0. The third kappa shape index (κ3) is 4.82. The summed E-state index contributed by atoms with van der Waals surface area (Å²) in [5.74, 6) is 1.83. The van der Waals surface area contributed by atoms with E-state index in [-0.39, 0.29) is 0 Å². The van der Waals surface area contributed by atoms with Crippen LogP contribution < -0.4 is 9.47 Å². The van der Waals surface area contributed by atoms with Crippen molar-refractivity contribution < 1.29 is 9.47 Å². The van der Waals surface area contributed by atoms with Gasteiger partial charge >= 0.3 is 0 Å². The summed E-state index contributed by atoms with van der Waals surface area (Å²) in [6, 6.07) is 16.6. The average Bonchev–Trinajstić information content (AvgIpc) is 2.53. The zero-order valence-electron chi connectivity index (χ0n) is 13.0. The highest BCUT2D eigenvalue weighted by Gasteiger charge is 2.07. The van der Waals surface area contributed by atoms with E-state index in [2.05, 4.69) is 44.2 Å². The highest BCUT2D eigenvalue weighted by atomic mass is 16.5. The molecule has 0 spiro atoms. The largest absolute Gasteiger partial charge is 0.493 e. The van der Waals surface area contributed by atoms with E-state index >= 15 is 0 Å².